The Morgan fingerprint density at radius 2 is 1.76 bits per heavy atom. The van der Waals surface area contributed by atoms with E-state index in [4.69, 9.17) is 0 Å². The van der Waals surface area contributed by atoms with Gasteiger partial charge in [0.1, 0.15) is 12.7 Å². The van der Waals surface area contributed by atoms with E-state index < -0.39 is 0 Å². The molecule has 2 amide bonds. The van der Waals surface area contributed by atoms with Crippen molar-refractivity contribution < 1.29 is 14.7 Å². The number of aromatic nitrogens is 1. The Kier molecular flexibility index (Phi) is 5.93. The van der Waals surface area contributed by atoms with Gasteiger partial charge in [-0.1, -0.05) is 60.7 Å². The van der Waals surface area contributed by atoms with Gasteiger partial charge in [0.25, 0.3) is 5.91 Å². The van der Waals surface area contributed by atoms with Crippen molar-refractivity contribution in [2.45, 2.75) is 31.6 Å². The average molecular weight is 495 g/mol. The van der Waals surface area contributed by atoms with Gasteiger partial charge >= 0.3 is 0 Å². The predicted molar refractivity (Wildman–Crippen MR) is 143 cm³/mol. The maximum Gasteiger partial charge on any atom is 0.257 e. The molecule has 7 heteroatoms. The zero-order valence-electron chi connectivity index (χ0n) is 20.8. The van der Waals surface area contributed by atoms with Gasteiger partial charge in [-0.25, -0.2) is 0 Å². The number of carbonyl (C=O) groups is 2. The summed E-state index contributed by atoms with van der Waals surface area (Å²) in [6.07, 6.45) is 0.984. The fraction of sp³-hybridized carbons (Fsp3) is 0.267. The number of hydrogen-bond acceptors (Lipinski definition) is 4. The van der Waals surface area contributed by atoms with Crippen molar-refractivity contribution in [2.24, 2.45) is 0 Å². The highest BCUT2D eigenvalue weighted by atomic mass is 16.3. The number of rotatable bonds is 6. The molecule has 2 aliphatic heterocycles. The fourth-order valence-electron chi connectivity index (χ4n) is 5.96. The van der Waals surface area contributed by atoms with Crippen LogP contribution in [0.2, 0.25) is 0 Å². The Balaban J connectivity index is 1.37. The number of anilines is 1. The molecule has 0 saturated carbocycles. The van der Waals surface area contributed by atoms with Gasteiger partial charge < -0.3 is 24.8 Å². The third-order valence-electron chi connectivity index (χ3n) is 7.62. The van der Waals surface area contributed by atoms with Crippen molar-refractivity contribution in [3.05, 3.63) is 101 Å². The third-order valence-corrected chi connectivity index (χ3v) is 7.62. The molecule has 2 aliphatic rings. The molecule has 0 aliphatic carbocycles. The topological polar surface area (TPSA) is 77.8 Å². The Morgan fingerprint density at radius 1 is 1.03 bits per heavy atom. The van der Waals surface area contributed by atoms with Crippen LogP contribution < -0.4 is 10.2 Å². The van der Waals surface area contributed by atoms with Gasteiger partial charge in [0.05, 0.1) is 29.6 Å². The minimum absolute atomic E-state index is 0.0220. The number of para-hydroxylation sites is 2. The largest absolute Gasteiger partial charge is 0.394 e. The van der Waals surface area contributed by atoms with E-state index in [2.05, 4.69) is 20.9 Å². The van der Waals surface area contributed by atoms with Crippen molar-refractivity contribution in [3.63, 3.8) is 0 Å². The van der Waals surface area contributed by atoms with Crippen LogP contribution in [0.4, 0.5) is 5.69 Å². The molecule has 0 spiro atoms. The number of hydrogen-bond donors (Lipinski definition) is 2. The van der Waals surface area contributed by atoms with Gasteiger partial charge in [0.15, 0.2) is 0 Å². The first kappa shape index (κ1) is 23.3. The molecule has 0 bridgehead atoms. The van der Waals surface area contributed by atoms with Crippen molar-refractivity contribution in [1.82, 2.24) is 14.8 Å². The third kappa shape index (κ3) is 3.96. The van der Waals surface area contributed by atoms with Crippen LogP contribution in [-0.2, 0) is 24.2 Å². The first-order valence-electron chi connectivity index (χ1n) is 12.7. The van der Waals surface area contributed by atoms with Gasteiger partial charge in [-0.3, -0.25) is 9.59 Å². The summed E-state index contributed by atoms with van der Waals surface area (Å²) in [4.78, 5) is 30.9. The molecule has 2 N–H and O–H groups in total. The molecule has 0 saturated heterocycles. The van der Waals surface area contributed by atoms with Crippen LogP contribution in [0.1, 0.15) is 33.3 Å². The fourth-order valence-corrected chi connectivity index (χ4v) is 5.96. The van der Waals surface area contributed by atoms with E-state index in [1.54, 1.807) is 0 Å². The van der Waals surface area contributed by atoms with E-state index >= 15 is 0 Å². The number of aliphatic hydroxyl groups is 1. The molecule has 3 aromatic carbocycles. The van der Waals surface area contributed by atoms with E-state index in [0.29, 0.717) is 18.5 Å². The van der Waals surface area contributed by atoms with E-state index in [1.807, 2.05) is 84.7 Å². The first-order valence-corrected chi connectivity index (χ1v) is 12.7. The van der Waals surface area contributed by atoms with Crippen molar-refractivity contribution in [3.8, 4) is 0 Å². The molecule has 7 nitrogen and oxygen atoms in total. The minimum atomic E-state index is -0.380. The molecule has 4 aromatic rings. The smallest absolute Gasteiger partial charge is 0.257 e. The number of nitrogens with zero attached hydrogens (tertiary/aromatic N) is 3. The normalized spacial score (nSPS) is 17.2. The number of benzene rings is 3. The summed E-state index contributed by atoms with van der Waals surface area (Å²) in [5, 5.41) is 14.1. The highest BCUT2D eigenvalue weighted by Gasteiger charge is 2.42. The average Bonchev–Trinajstić information content (AvgIpc) is 3.25. The number of carbonyl (C=O) groups excluding carboxylic acids is 2. The second-order valence-corrected chi connectivity index (χ2v) is 9.85. The summed E-state index contributed by atoms with van der Waals surface area (Å²) in [5.41, 5.74) is 5.81. The Morgan fingerprint density at radius 3 is 2.57 bits per heavy atom. The minimum Gasteiger partial charge on any atom is -0.394 e. The molecule has 37 heavy (non-hydrogen) atoms. The molecular formula is C30H30N4O3. The number of fused-ring (bicyclic) bond motifs is 6. The Bertz CT molecular complexity index is 1480. The Labute approximate surface area is 215 Å². The van der Waals surface area contributed by atoms with Crippen molar-refractivity contribution in [1.29, 1.82) is 0 Å². The highest BCUT2D eigenvalue weighted by molar-refractivity contribution is 6.02. The molecule has 0 fully saturated rings. The summed E-state index contributed by atoms with van der Waals surface area (Å²) in [6.45, 7) is 0.587. The maximum atomic E-state index is 13.5. The second kappa shape index (κ2) is 9.41. The van der Waals surface area contributed by atoms with Gasteiger partial charge in [-0.15, -0.1) is 0 Å². The van der Waals surface area contributed by atoms with E-state index in [9.17, 15) is 14.7 Å². The summed E-state index contributed by atoms with van der Waals surface area (Å²) < 4.78 is 2.06. The standard InChI is InChI=1S/C30H30N4O3/c1-32-25-13-7-6-12-24(25)30(37)33-16-15-23-22-11-5-8-14-26(22)34(28(23)29(32)33)18-27(36)31-21(19-35)17-20-9-3-2-4-10-20/h2-14,21,29,35H,15-19H2,1H3,(H,31,36). The van der Waals surface area contributed by atoms with Gasteiger partial charge in [0.2, 0.25) is 5.91 Å². The lowest BCUT2D eigenvalue weighted by Gasteiger charge is -2.46. The summed E-state index contributed by atoms with van der Waals surface area (Å²) in [6, 6.07) is 25.3. The number of amides is 2. The van der Waals surface area contributed by atoms with Gasteiger partial charge in [-0.2, -0.15) is 0 Å². The van der Waals surface area contributed by atoms with Crippen LogP contribution in [0, 0.1) is 0 Å². The summed E-state index contributed by atoms with van der Waals surface area (Å²) in [5.74, 6) is -0.144. The van der Waals surface area contributed by atoms with Crippen LogP contribution in [0.25, 0.3) is 10.9 Å². The Hall–Kier alpha value is -4.10. The second-order valence-electron chi connectivity index (χ2n) is 9.85. The van der Waals surface area contributed by atoms with Gasteiger partial charge in [0, 0.05) is 24.5 Å². The lowest BCUT2D eigenvalue weighted by molar-refractivity contribution is -0.122. The zero-order valence-corrected chi connectivity index (χ0v) is 20.8. The number of nitrogens with one attached hydrogen (secondary N) is 1. The van der Waals surface area contributed by atoms with E-state index in [-0.39, 0.29) is 37.2 Å². The van der Waals surface area contributed by atoms with Crippen LogP contribution in [0.3, 0.4) is 0 Å². The van der Waals surface area contributed by atoms with E-state index in [1.165, 1.54) is 5.56 Å². The first-order chi connectivity index (χ1) is 18.1. The van der Waals surface area contributed by atoms with E-state index in [0.717, 1.165) is 34.3 Å². The zero-order chi connectivity index (χ0) is 25.5. The highest BCUT2D eigenvalue weighted by Crippen LogP contribution is 2.44. The van der Waals surface area contributed by atoms with Crippen LogP contribution in [-0.4, -0.2) is 52.6 Å². The van der Waals surface area contributed by atoms with Crippen LogP contribution >= 0.6 is 0 Å². The molecular weight excluding hydrogens is 464 g/mol. The monoisotopic (exact) mass is 494 g/mol. The molecule has 188 valence electrons. The lowest BCUT2D eigenvalue weighted by Crippen LogP contribution is -2.52. The molecule has 1 aromatic heterocycles. The summed E-state index contributed by atoms with van der Waals surface area (Å²) >= 11 is 0. The predicted octanol–water partition coefficient (Wildman–Crippen LogP) is 3.51. The molecule has 6 rings (SSSR count). The van der Waals surface area contributed by atoms with Crippen LogP contribution in [0.5, 0.6) is 0 Å². The van der Waals surface area contributed by atoms with Crippen LogP contribution in [0.15, 0.2) is 78.9 Å². The van der Waals surface area contributed by atoms with Gasteiger partial charge in [-0.05, 0) is 42.2 Å². The summed E-state index contributed by atoms with van der Waals surface area (Å²) in [7, 11) is 2.02. The van der Waals surface area contributed by atoms with Crippen molar-refractivity contribution >= 4 is 28.4 Å². The number of aliphatic hydroxyl groups excluding tert-OH is 1. The quantitative estimate of drug-likeness (QED) is 0.430. The maximum absolute atomic E-state index is 13.5. The lowest BCUT2D eigenvalue weighted by atomic mass is 9.96. The SMILES string of the molecule is CN1c2ccccc2C(=O)N2CCc3c(n(CC(=O)NC(CO)Cc4ccccc4)c4ccccc34)C21. The molecule has 3 heterocycles. The molecule has 0 radical (unpaired) electrons. The molecule has 2 atom stereocenters. The van der Waals surface area contributed by atoms with Crippen molar-refractivity contribution in [2.75, 3.05) is 25.1 Å². The molecule has 2 unspecified atom stereocenters.